The molecule has 1 aromatic heterocycles. The molecule has 0 aliphatic carbocycles. The standard InChI is InChI=1S/C10H16N2O2/c1-12(10(13)3-2-5-11)7-9-4-6-14-8-9/h4,6,8H,2-3,5,7,11H2,1H3. The van der Waals surface area contributed by atoms with Crippen LogP contribution in [0.5, 0.6) is 0 Å². The van der Waals surface area contributed by atoms with Crippen LogP contribution in [0.3, 0.4) is 0 Å². The molecule has 0 fully saturated rings. The molecule has 0 saturated heterocycles. The van der Waals surface area contributed by atoms with Crippen molar-refractivity contribution in [1.29, 1.82) is 0 Å². The van der Waals surface area contributed by atoms with E-state index in [0.29, 0.717) is 19.5 Å². The largest absolute Gasteiger partial charge is 0.472 e. The maximum atomic E-state index is 11.5. The monoisotopic (exact) mass is 196 g/mol. The van der Waals surface area contributed by atoms with Crippen LogP contribution in [-0.4, -0.2) is 24.4 Å². The number of carbonyl (C=O) groups is 1. The van der Waals surface area contributed by atoms with E-state index >= 15 is 0 Å². The molecule has 2 N–H and O–H groups in total. The summed E-state index contributed by atoms with van der Waals surface area (Å²) in [4.78, 5) is 13.1. The third-order valence-corrected chi connectivity index (χ3v) is 2.02. The molecule has 78 valence electrons. The lowest BCUT2D eigenvalue weighted by atomic mass is 10.2. The first-order valence-corrected chi connectivity index (χ1v) is 4.69. The first kappa shape index (κ1) is 10.8. The van der Waals surface area contributed by atoms with Crippen LogP contribution in [-0.2, 0) is 11.3 Å². The Bertz CT molecular complexity index is 270. The lowest BCUT2D eigenvalue weighted by molar-refractivity contribution is -0.130. The zero-order valence-electron chi connectivity index (χ0n) is 8.40. The molecule has 0 atom stereocenters. The van der Waals surface area contributed by atoms with Crippen LogP contribution >= 0.6 is 0 Å². The molecule has 0 aromatic carbocycles. The molecule has 1 rings (SSSR count). The second kappa shape index (κ2) is 5.44. The summed E-state index contributed by atoms with van der Waals surface area (Å²) in [5, 5.41) is 0. The predicted octanol–water partition coefficient (Wildman–Crippen LogP) is 0.977. The van der Waals surface area contributed by atoms with Crippen LogP contribution in [0.2, 0.25) is 0 Å². The van der Waals surface area contributed by atoms with Crippen molar-refractivity contribution in [2.75, 3.05) is 13.6 Å². The molecule has 1 amide bonds. The van der Waals surface area contributed by atoms with Gasteiger partial charge >= 0.3 is 0 Å². The fourth-order valence-corrected chi connectivity index (χ4v) is 1.19. The third kappa shape index (κ3) is 3.22. The van der Waals surface area contributed by atoms with E-state index in [9.17, 15) is 4.79 Å². The Kier molecular flexibility index (Phi) is 4.19. The lowest BCUT2D eigenvalue weighted by Crippen LogP contribution is -2.26. The van der Waals surface area contributed by atoms with Gasteiger partial charge in [0, 0.05) is 25.6 Å². The van der Waals surface area contributed by atoms with Gasteiger partial charge in [-0.25, -0.2) is 0 Å². The molecule has 14 heavy (non-hydrogen) atoms. The first-order chi connectivity index (χ1) is 6.74. The van der Waals surface area contributed by atoms with Gasteiger partial charge < -0.3 is 15.1 Å². The molecule has 0 bridgehead atoms. The second-order valence-corrected chi connectivity index (χ2v) is 3.27. The van der Waals surface area contributed by atoms with Crippen molar-refractivity contribution >= 4 is 5.91 Å². The number of carbonyl (C=O) groups excluding carboxylic acids is 1. The second-order valence-electron chi connectivity index (χ2n) is 3.27. The molecule has 0 saturated carbocycles. The van der Waals surface area contributed by atoms with Gasteiger partial charge in [0.05, 0.1) is 12.5 Å². The van der Waals surface area contributed by atoms with Gasteiger partial charge in [0.2, 0.25) is 5.91 Å². The van der Waals surface area contributed by atoms with Gasteiger partial charge in [-0.3, -0.25) is 4.79 Å². The Morgan fingerprint density at radius 3 is 3.00 bits per heavy atom. The molecular weight excluding hydrogens is 180 g/mol. The van der Waals surface area contributed by atoms with Crippen molar-refractivity contribution in [3.63, 3.8) is 0 Å². The lowest BCUT2D eigenvalue weighted by Gasteiger charge is -2.15. The van der Waals surface area contributed by atoms with E-state index in [2.05, 4.69) is 0 Å². The van der Waals surface area contributed by atoms with Gasteiger partial charge in [-0.15, -0.1) is 0 Å². The molecule has 1 heterocycles. The minimum Gasteiger partial charge on any atom is -0.472 e. The smallest absolute Gasteiger partial charge is 0.222 e. The number of nitrogens with zero attached hydrogens (tertiary/aromatic N) is 1. The Labute approximate surface area is 83.7 Å². The van der Waals surface area contributed by atoms with Crippen LogP contribution in [0.15, 0.2) is 23.0 Å². The van der Waals surface area contributed by atoms with E-state index in [-0.39, 0.29) is 5.91 Å². The minimum atomic E-state index is 0.122. The fourth-order valence-electron chi connectivity index (χ4n) is 1.19. The summed E-state index contributed by atoms with van der Waals surface area (Å²) in [6.07, 6.45) is 4.51. The van der Waals surface area contributed by atoms with Crippen molar-refractivity contribution in [3.8, 4) is 0 Å². The molecule has 4 heteroatoms. The maximum absolute atomic E-state index is 11.5. The van der Waals surface area contributed by atoms with E-state index in [1.165, 1.54) is 0 Å². The zero-order chi connectivity index (χ0) is 10.4. The summed E-state index contributed by atoms with van der Waals surface area (Å²) in [7, 11) is 1.78. The molecular formula is C10H16N2O2. The number of hydrogen-bond acceptors (Lipinski definition) is 3. The van der Waals surface area contributed by atoms with Crippen LogP contribution in [0.1, 0.15) is 18.4 Å². The molecule has 0 spiro atoms. The Hall–Kier alpha value is -1.29. The minimum absolute atomic E-state index is 0.122. The molecule has 0 radical (unpaired) electrons. The van der Waals surface area contributed by atoms with Crippen molar-refractivity contribution in [2.24, 2.45) is 5.73 Å². The van der Waals surface area contributed by atoms with E-state index < -0.39 is 0 Å². The molecule has 0 aliphatic rings. The highest BCUT2D eigenvalue weighted by Gasteiger charge is 2.08. The highest BCUT2D eigenvalue weighted by atomic mass is 16.3. The number of rotatable bonds is 5. The summed E-state index contributed by atoms with van der Waals surface area (Å²) >= 11 is 0. The Morgan fingerprint density at radius 2 is 2.43 bits per heavy atom. The molecule has 4 nitrogen and oxygen atoms in total. The van der Waals surface area contributed by atoms with Crippen molar-refractivity contribution in [3.05, 3.63) is 24.2 Å². The van der Waals surface area contributed by atoms with Crippen LogP contribution in [0.25, 0.3) is 0 Å². The first-order valence-electron chi connectivity index (χ1n) is 4.69. The van der Waals surface area contributed by atoms with E-state index in [0.717, 1.165) is 12.0 Å². The fraction of sp³-hybridized carbons (Fsp3) is 0.500. The quantitative estimate of drug-likeness (QED) is 0.763. The normalized spacial score (nSPS) is 10.1. The maximum Gasteiger partial charge on any atom is 0.222 e. The highest BCUT2D eigenvalue weighted by Crippen LogP contribution is 2.05. The van der Waals surface area contributed by atoms with Crippen molar-refractivity contribution in [2.45, 2.75) is 19.4 Å². The van der Waals surface area contributed by atoms with E-state index in [1.54, 1.807) is 24.5 Å². The summed E-state index contributed by atoms with van der Waals surface area (Å²) in [5.74, 6) is 0.122. The summed E-state index contributed by atoms with van der Waals surface area (Å²) in [6, 6.07) is 1.85. The Morgan fingerprint density at radius 1 is 1.64 bits per heavy atom. The molecule has 1 aromatic rings. The highest BCUT2D eigenvalue weighted by molar-refractivity contribution is 5.75. The topological polar surface area (TPSA) is 59.5 Å². The van der Waals surface area contributed by atoms with E-state index in [4.69, 9.17) is 10.2 Å². The van der Waals surface area contributed by atoms with E-state index in [1.807, 2.05) is 6.07 Å². The number of nitrogens with two attached hydrogens (primary N) is 1. The van der Waals surface area contributed by atoms with Crippen molar-refractivity contribution < 1.29 is 9.21 Å². The SMILES string of the molecule is CN(Cc1ccoc1)C(=O)CCCN. The third-order valence-electron chi connectivity index (χ3n) is 2.02. The molecule has 0 unspecified atom stereocenters. The summed E-state index contributed by atoms with van der Waals surface area (Å²) < 4.78 is 4.92. The zero-order valence-corrected chi connectivity index (χ0v) is 8.40. The number of hydrogen-bond donors (Lipinski definition) is 1. The summed E-state index contributed by atoms with van der Waals surface area (Å²) in [5.41, 5.74) is 6.34. The van der Waals surface area contributed by atoms with Gasteiger partial charge in [-0.1, -0.05) is 0 Å². The van der Waals surface area contributed by atoms with Gasteiger partial charge in [0.1, 0.15) is 0 Å². The van der Waals surface area contributed by atoms with Crippen LogP contribution in [0.4, 0.5) is 0 Å². The van der Waals surface area contributed by atoms with Crippen molar-refractivity contribution in [1.82, 2.24) is 4.90 Å². The van der Waals surface area contributed by atoms with Crippen LogP contribution < -0.4 is 5.73 Å². The van der Waals surface area contributed by atoms with Gasteiger partial charge in [0.25, 0.3) is 0 Å². The van der Waals surface area contributed by atoms with Gasteiger partial charge in [-0.2, -0.15) is 0 Å². The van der Waals surface area contributed by atoms with Gasteiger partial charge in [0.15, 0.2) is 0 Å². The van der Waals surface area contributed by atoms with Gasteiger partial charge in [-0.05, 0) is 19.0 Å². The molecule has 0 aliphatic heterocycles. The Balaban J connectivity index is 2.34. The number of amides is 1. The summed E-state index contributed by atoms with van der Waals surface area (Å²) in [6.45, 7) is 1.16. The average Bonchev–Trinajstić information content (AvgIpc) is 2.66. The average molecular weight is 196 g/mol. The number of furan rings is 1. The predicted molar refractivity (Wildman–Crippen MR) is 53.5 cm³/mol. The van der Waals surface area contributed by atoms with Crippen LogP contribution in [0, 0.1) is 0 Å².